The largest absolute Gasteiger partial charge is 0.316 e. The molecule has 1 heterocycles. The van der Waals surface area contributed by atoms with Gasteiger partial charge in [-0.1, -0.05) is 48.0 Å². The molecule has 0 saturated carbocycles. The van der Waals surface area contributed by atoms with Crippen molar-refractivity contribution in [1.29, 1.82) is 0 Å². The Hall–Kier alpha value is -2.39. The fraction of sp³-hybridized carbons (Fsp3) is 0.167. The topological polar surface area (TPSA) is 29.9 Å². The zero-order valence-electron chi connectivity index (χ0n) is 12.4. The van der Waals surface area contributed by atoms with E-state index in [4.69, 9.17) is 0 Å². The Balaban J connectivity index is 2.15. The van der Waals surface area contributed by atoms with E-state index < -0.39 is 0 Å². The van der Waals surface area contributed by atoms with Crippen LogP contribution in [0.1, 0.15) is 11.1 Å². The highest BCUT2D eigenvalue weighted by atomic mass is 15.3. The number of rotatable bonds is 4. The van der Waals surface area contributed by atoms with Crippen LogP contribution in [0, 0.1) is 6.92 Å². The average molecular weight is 277 g/mol. The van der Waals surface area contributed by atoms with E-state index in [2.05, 4.69) is 65.9 Å². The molecule has 0 fully saturated rings. The SMILES string of the molecule is CNCc1cnn(-c2ccc(C)cc2)c1-c1ccccc1. The first-order valence-corrected chi connectivity index (χ1v) is 7.13. The van der Waals surface area contributed by atoms with Gasteiger partial charge in [0, 0.05) is 17.7 Å². The second kappa shape index (κ2) is 5.94. The van der Waals surface area contributed by atoms with Gasteiger partial charge >= 0.3 is 0 Å². The minimum atomic E-state index is 0.802. The summed E-state index contributed by atoms with van der Waals surface area (Å²) < 4.78 is 2.02. The van der Waals surface area contributed by atoms with Crippen molar-refractivity contribution in [2.24, 2.45) is 0 Å². The van der Waals surface area contributed by atoms with Gasteiger partial charge in [-0.05, 0) is 26.1 Å². The van der Waals surface area contributed by atoms with Gasteiger partial charge in [-0.2, -0.15) is 5.10 Å². The lowest BCUT2D eigenvalue weighted by Gasteiger charge is -2.10. The first kappa shape index (κ1) is 13.6. The highest BCUT2D eigenvalue weighted by molar-refractivity contribution is 5.65. The summed E-state index contributed by atoms with van der Waals surface area (Å²) in [6.07, 6.45) is 1.94. The van der Waals surface area contributed by atoms with Crippen LogP contribution in [-0.4, -0.2) is 16.8 Å². The number of hydrogen-bond donors (Lipinski definition) is 1. The zero-order valence-corrected chi connectivity index (χ0v) is 12.4. The van der Waals surface area contributed by atoms with Crippen molar-refractivity contribution in [3.05, 3.63) is 71.9 Å². The van der Waals surface area contributed by atoms with Crippen LogP contribution in [0.4, 0.5) is 0 Å². The monoisotopic (exact) mass is 277 g/mol. The molecule has 21 heavy (non-hydrogen) atoms. The molecule has 0 unspecified atom stereocenters. The molecule has 0 saturated heterocycles. The number of aryl methyl sites for hydroxylation is 1. The van der Waals surface area contributed by atoms with Gasteiger partial charge in [0.05, 0.1) is 17.6 Å². The van der Waals surface area contributed by atoms with E-state index in [1.165, 1.54) is 16.7 Å². The highest BCUT2D eigenvalue weighted by Gasteiger charge is 2.13. The Morgan fingerprint density at radius 1 is 1.00 bits per heavy atom. The molecule has 3 heteroatoms. The highest BCUT2D eigenvalue weighted by Crippen LogP contribution is 2.26. The lowest BCUT2D eigenvalue weighted by Crippen LogP contribution is -2.06. The Bertz CT molecular complexity index is 712. The van der Waals surface area contributed by atoms with Crippen molar-refractivity contribution in [2.75, 3.05) is 7.05 Å². The number of hydrogen-bond acceptors (Lipinski definition) is 2. The Kier molecular flexibility index (Phi) is 3.84. The summed E-state index contributed by atoms with van der Waals surface area (Å²) in [6.45, 7) is 2.90. The summed E-state index contributed by atoms with van der Waals surface area (Å²) in [5.41, 5.74) is 5.86. The number of benzene rings is 2. The van der Waals surface area contributed by atoms with Crippen LogP contribution in [0.3, 0.4) is 0 Å². The maximum Gasteiger partial charge on any atom is 0.0785 e. The van der Waals surface area contributed by atoms with Crippen molar-refractivity contribution < 1.29 is 0 Å². The normalized spacial score (nSPS) is 10.8. The smallest absolute Gasteiger partial charge is 0.0785 e. The van der Waals surface area contributed by atoms with E-state index in [1.807, 2.05) is 24.0 Å². The molecule has 3 nitrogen and oxygen atoms in total. The summed E-state index contributed by atoms with van der Waals surface area (Å²) in [4.78, 5) is 0. The van der Waals surface area contributed by atoms with E-state index in [-0.39, 0.29) is 0 Å². The van der Waals surface area contributed by atoms with Gasteiger partial charge in [-0.15, -0.1) is 0 Å². The van der Waals surface area contributed by atoms with Gasteiger partial charge in [-0.25, -0.2) is 4.68 Å². The van der Waals surface area contributed by atoms with Gasteiger partial charge < -0.3 is 5.32 Å². The Morgan fingerprint density at radius 2 is 1.71 bits per heavy atom. The number of nitrogens with zero attached hydrogens (tertiary/aromatic N) is 2. The van der Waals surface area contributed by atoms with Crippen molar-refractivity contribution in [2.45, 2.75) is 13.5 Å². The maximum atomic E-state index is 4.59. The molecular weight excluding hydrogens is 258 g/mol. The number of aromatic nitrogens is 2. The molecule has 3 rings (SSSR count). The lowest BCUT2D eigenvalue weighted by molar-refractivity contribution is 0.818. The molecule has 0 aliphatic carbocycles. The molecule has 0 aliphatic rings. The van der Waals surface area contributed by atoms with E-state index in [1.54, 1.807) is 0 Å². The molecule has 1 aromatic heterocycles. The lowest BCUT2D eigenvalue weighted by atomic mass is 10.1. The molecule has 0 atom stereocenters. The maximum absolute atomic E-state index is 4.59. The molecule has 0 bridgehead atoms. The number of nitrogens with one attached hydrogen (secondary N) is 1. The summed E-state index contributed by atoms with van der Waals surface area (Å²) in [5.74, 6) is 0. The summed E-state index contributed by atoms with van der Waals surface area (Å²) >= 11 is 0. The fourth-order valence-corrected chi connectivity index (χ4v) is 2.49. The minimum absolute atomic E-state index is 0.802. The molecule has 2 aromatic carbocycles. The Labute approximate surface area is 125 Å². The third-order valence-electron chi connectivity index (χ3n) is 3.54. The molecule has 0 spiro atoms. The van der Waals surface area contributed by atoms with Crippen LogP contribution in [0.2, 0.25) is 0 Å². The van der Waals surface area contributed by atoms with E-state index in [0.717, 1.165) is 17.9 Å². The van der Waals surface area contributed by atoms with Crippen molar-refractivity contribution in [3.63, 3.8) is 0 Å². The van der Waals surface area contributed by atoms with Crippen LogP contribution in [0.15, 0.2) is 60.8 Å². The summed E-state index contributed by atoms with van der Waals surface area (Å²) in [7, 11) is 1.96. The van der Waals surface area contributed by atoms with Crippen LogP contribution in [0.25, 0.3) is 16.9 Å². The molecule has 3 aromatic rings. The third-order valence-corrected chi connectivity index (χ3v) is 3.54. The molecule has 0 aliphatic heterocycles. The quantitative estimate of drug-likeness (QED) is 0.790. The van der Waals surface area contributed by atoms with Gasteiger partial charge in [-0.3, -0.25) is 0 Å². The molecule has 1 N–H and O–H groups in total. The van der Waals surface area contributed by atoms with E-state index in [9.17, 15) is 0 Å². The van der Waals surface area contributed by atoms with Gasteiger partial charge in [0.2, 0.25) is 0 Å². The zero-order chi connectivity index (χ0) is 14.7. The minimum Gasteiger partial charge on any atom is -0.316 e. The van der Waals surface area contributed by atoms with Crippen molar-refractivity contribution in [3.8, 4) is 16.9 Å². The molecule has 0 radical (unpaired) electrons. The molecular formula is C18H19N3. The van der Waals surface area contributed by atoms with Gasteiger partial charge in [0.25, 0.3) is 0 Å². The molecule has 0 amide bonds. The van der Waals surface area contributed by atoms with Crippen molar-refractivity contribution >= 4 is 0 Å². The summed E-state index contributed by atoms with van der Waals surface area (Å²) in [5, 5.41) is 7.80. The van der Waals surface area contributed by atoms with Crippen LogP contribution >= 0.6 is 0 Å². The average Bonchev–Trinajstić information content (AvgIpc) is 2.93. The third kappa shape index (κ3) is 2.73. The summed E-state index contributed by atoms with van der Waals surface area (Å²) in [6, 6.07) is 18.9. The van der Waals surface area contributed by atoms with Crippen LogP contribution in [0.5, 0.6) is 0 Å². The fourth-order valence-electron chi connectivity index (χ4n) is 2.49. The van der Waals surface area contributed by atoms with Crippen LogP contribution < -0.4 is 5.32 Å². The predicted molar refractivity (Wildman–Crippen MR) is 86.5 cm³/mol. The van der Waals surface area contributed by atoms with E-state index >= 15 is 0 Å². The second-order valence-electron chi connectivity index (χ2n) is 5.16. The first-order valence-electron chi connectivity index (χ1n) is 7.13. The van der Waals surface area contributed by atoms with Gasteiger partial charge in [0.1, 0.15) is 0 Å². The predicted octanol–water partition coefficient (Wildman–Crippen LogP) is 3.57. The standard InChI is InChI=1S/C18H19N3/c1-14-8-10-17(11-9-14)21-18(15-6-4-3-5-7-15)16(12-19-2)13-20-21/h3-11,13,19H,12H2,1-2H3. The second-order valence-corrected chi connectivity index (χ2v) is 5.16. The van der Waals surface area contributed by atoms with Crippen molar-refractivity contribution in [1.82, 2.24) is 15.1 Å². The molecule has 106 valence electrons. The first-order chi connectivity index (χ1) is 10.3. The van der Waals surface area contributed by atoms with Crippen LogP contribution in [-0.2, 0) is 6.54 Å². The Morgan fingerprint density at radius 3 is 2.38 bits per heavy atom. The van der Waals surface area contributed by atoms with E-state index in [0.29, 0.717) is 0 Å². The van der Waals surface area contributed by atoms with Gasteiger partial charge in [0.15, 0.2) is 0 Å².